The van der Waals surface area contributed by atoms with Gasteiger partial charge in [0.2, 0.25) is 0 Å². The molecule has 0 fully saturated rings. The molecule has 0 aliphatic heterocycles. The van der Waals surface area contributed by atoms with E-state index in [4.69, 9.17) is 4.98 Å². The molecule has 1 aromatic heterocycles. The number of para-hydroxylation sites is 1. The number of benzene rings is 3. The molecular weight excluding hydrogens is 356 g/mol. The van der Waals surface area contributed by atoms with Crippen molar-refractivity contribution < 1.29 is 0 Å². The average Bonchev–Trinajstić information content (AvgIpc) is 3.10. The van der Waals surface area contributed by atoms with Crippen LogP contribution in [0.3, 0.4) is 0 Å². The maximum absolute atomic E-state index is 4.89. The molecule has 0 amide bonds. The zero-order chi connectivity index (χ0) is 17.8. The molecule has 0 radical (unpaired) electrons. The summed E-state index contributed by atoms with van der Waals surface area (Å²) in [6.45, 7) is 2.14. The Morgan fingerprint density at radius 3 is 2.58 bits per heavy atom. The number of aryl methyl sites for hydroxylation is 1. The fourth-order valence-electron chi connectivity index (χ4n) is 2.92. The second-order valence-corrected chi connectivity index (χ2v) is 8.27. The Morgan fingerprint density at radius 2 is 1.77 bits per heavy atom. The van der Waals surface area contributed by atoms with E-state index in [1.165, 1.54) is 20.7 Å². The first-order valence-electron chi connectivity index (χ1n) is 8.66. The number of hydrogen-bond acceptors (Lipinski definition) is 4. The van der Waals surface area contributed by atoms with Gasteiger partial charge < -0.3 is 0 Å². The van der Waals surface area contributed by atoms with Gasteiger partial charge in [-0.3, -0.25) is 0 Å². The monoisotopic (exact) mass is 376 g/mol. The van der Waals surface area contributed by atoms with Gasteiger partial charge in [-0.25, -0.2) is 9.71 Å². The van der Waals surface area contributed by atoms with Crippen LogP contribution in [0.25, 0.3) is 10.2 Å². The second-order valence-electron chi connectivity index (χ2n) is 6.30. The van der Waals surface area contributed by atoms with Crippen molar-refractivity contribution in [3.05, 3.63) is 95.0 Å². The largest absolute Gasteiger partial charge is 0.250 e. The van der Waals surface area contributed by atoms with Crippen LogP contribution in [0.5, 0.6) is 0 Å². The van der Waals surface area contributed by atoms with Gasteiger partial charge in [-0.2, -0.15) is 0 Å². The Hall–Kier alpha value is -2.14. The van der Waals surface area contributed by atoms with E-state index in [1.54, 1.807) is 23.3 Å². The lowest BCUT2D eigenvalue weighted by atomic mass is 10.0. The maximum atomic E-state index is 4.89. The van der Waals surface area contributed by atoms with Crippen molar-refractivity contribution in [2.24, 2.45) is 0 Å². The standard InChI is InChI=1S/C22H20N2S2/c1-16-8-7-9-17(14-16)15-20(24-26-18-10-3-2-4-11-18)22-23-19-12-5-6-13-21(19)25-22/h2-14,20,24H,15H2,1H3. The van der Waals surface area contributed by atoms with Crippen LogP contribution < -0.4 is 4.72 Å². The smallest absolute Gasteiger partial charge is 0.112 e. The molecule has 3 aromatic carbocycles. The van der Waals surface area contributed by atoms with Gasteiger partial charge >= 0.3 is 0 Å². The molecule has 0 aliphatic rings. The third-order valence-corrected chi connectivity index (χ3v) is 6.25. The van der Waals surface area contributed by atoms with Crippen molar-refractivity contribution in [2.75, 3.05) is 0 Å². The molecule has 0 bridgehead atoms. The van der Waals surface area contributed by atoms with Gasteiger partial charge in [0.1, 0.15) is 5.01 Å². The van der Waals surface area contributed by atoms with Crippen molar-refractivity contribution >= 4 is 33.5 Å². The number of hydrogen-bond donors (Lipinski definition) is 1. The molecule has 0 saturated heterocycles. The Morgan fingerprint density at radius 1 is 0.962 bits per heavy atom. The fourth-order valence-corrected chi connectivity index (χ4v) is 4.78. The van der Waals surface area contributed by atoms with Gasteiger partial charge in [0.15, 0.2) is 0 Å². The number of nitrogens with one attached hydrogen (secondary N) is 1. The van der Waals surface area contributed by atoms with Crippen LogP contribution in [-0.4, -0.2) is 4.98 Å². The van der Waals surface area contributed by atoms with Crippen LogP contribution in [-0.2, 0) is 6.42 Å². The molecule has 26 heavy (non-hydrogen) atoms. The lowest BCUT2D eigenvalue weighted by molar-refractivity contribution is 0.668. The third-order valence-electron chi connectivity index (χ3n) is 4.19. The van der Waals surface area contributed by atoms with Crippen molar-refractivity contribution in [2.45, 2.75) is 24.3 Å². The van der Waals surface area contributed by atoms with Crippen LogP contribution in [0.15, 0.2) is 83.8 Å². The molecule has 130 valence electrons. The SMILES string of the molecule is Cc1cccc(CC(NSc2ccccc2)c2nc3ccccc3s2)c1. The molecule has 4 rings (SSSR count). The number of fused-ring (bicyclic) bond motifs is 1. The summed E-state index contributed by atoms with van der Waals surface area (Å²) in [4.78, 5) is 6.10. The van der Waals surface area contributed by atoms with E-state index >= 15 is 0 Å². The first-order valence-corrected chi connectivity index (χ1v) is 10.3. The van der Waals surface area contributed by atoms with Gasteiger partial charge in [0.05, 0.1) is 16.3 Å². The quantitative estimate of drug-likeness (QED) is 0.406. The molecule has 4 aromatic rings. The first kappa shape index (κ1) is 17.3. The fraction of sp³-hybridized carbons (Fsp3) is 0.136. The van der Waals surface area contributed by atoms with Crippen molar-refractivity contribution in [1.82, 2.24) is 9.71 Å². The third kappa shape index (κ3) is 4.15. The van der Waals surface area contributed by atoms with Crippen LogP contribution in [0.1, 0.15) is 22.2 Å². The molecule has 1 atom stereocenters. The molecule has 1 unspecified atom stereocenters. The number of thiazole rings is 1. The van der Waals surface area contributed by atoms with Crippen molar-refractivity contribution in [3.8, 4) is 0 Å². The van der Waals surface area contributed by atoms with Crippen molar-refractivity contribution in [3.63, 3.8) is 0 Å². The minimum absolute atomic E-state index is 0.166. The highest BCUT2D eigenvalue weighted by atomic mass is 32.2. The van der Waals surface area contributed by atoms with E-state index < -0.39 is 0 Å². The Balaban J connectivity index is 1.61. The van der Waals surface area contributed by atoms with E-state index in [0.717, 1.165) is 16.9 Å². The van der Waals surface area contributed by atoms with E-state index in [1.807, 2.05) is 12.1 Å². The average molecular weight is 377 g/mol. The molecule has 1 heterocycles. The zero-order valence-corrected chi connectivity index (χ0v) is 16.2. The topological polar surface area (TPSA) is 24.9 Å². The summed E-state index contributed by atoms with van der Waals surface area (Å²) in [6.07, 6.45) is 0.918. The normalized spacial score (nSPS) is 12.3. The molecule has 0 aliphatic carbocycles. The van der Waals surface area contributed by atoms with Crippen molar-refractivity contribution in [1.29, 1.82) is 0 Å². The summed E-state index contributed by atoms with van der Waals surface area (Å²) in [5, 5.41) is 1.14. The Labute approximate surface area is 162 Å². The lowest BCUT2D eigenvalue weighted by Crippen LogP contribution is -2.16. The lowest BCUT2D eigenvalue weighted by Gasteiger charge is -2.16. The summed E-state index contributed by atoms with van der Waals surface area (Å²) >= 11 is 3.45. The minimum Gasteiger partial charge on any atom is -0.250 e. The number of rotatable bonds is 6. The highest BCUT2D eigenvalue weighted by Crippen LogP contribution is 2.30. The highest BCUT2D eigenvalue weighted by Gasteiger charge is 2.17. The summed E-state index contributed by atoms with van der Waals surface area (Å²) in [6, 6.07) is 27.7. The molecular formula is C22H20N2S2. The summed E-state index contributed by atoms with van der Waals surface area (Å²) in [7, 11) is 0. The molecule has 1 N–H and O–H groups in total. The van der Waals surface area contributed by atoms with Gasteiger partial charge in [0, 0.05) is 4.90 Å². The maximum Gasteiger partial charge on any atom is 0.112 e. The second kappa shape index (κ2) is 8.04. The van der Waals surface area contributed by atoms with Gasteiger partial charge in [-0.1, -0.05) is 60.2 Å². The summed E-state index contributed by atoms with van der Waals surface area (Å²) in [5.41, 5.74) is 3.70. The highest BCUT2D eigenvalue weighted by molar-refractivity contribution is 7.97. The van der Waals surface area contributed by atoms with Gasteiger partial charge in [0.25, 0.3) is 0 Å². The van der Waals surface area contributed by atoms with Crippen LogP contribution in [0.4, 0.5) is 0 Å². The molecule has 0 spiro atoms. The Bertz CT molecular complexity index is 962. The van der Waals surface area contributed by atoms with Gasteiger partial charge in [-0.05, 0) is 55.1 Å². The Kier molecular flexibility index (Phi) is 5.34. The summed E-state index contributed by atoms with van der Waals surface area (Å²) < 4.78 is 4.88. The minimum atomic E-state index is 0.166. The van der Waals surface area contributed by atoms with E-state index in [-0.39, 0.29) is 6.04 Å². The van der Waals surface area contributed by atoms with Crippen LogP contribution in [0, 0.1) is 6.92 Å². The van der Waals surface area contributed by atoms with E-state index in [2.05, 4.69) is 78.4 Å². The zero-order valence-electron chi connectivity index (χ0n) is 14.6. The predicted molar refractivity (Wildman–Crippen MR) is 113 cm³/mol. The van der Waals surface area contributed by atoms with E-state index in [0.29, 0.717) is 0 Å². The number of aromatic nitrogens is 1. The number of nitrogens with zero attached hydrogens (tertiary/aromatic N) is 1. The summed E-state index contributed by atoms with van der Waals surface area (Å²) in [5.74, 6) is 0. The molecule has 4 heteroatoms. The van der Waals surface area contributed by atoms with Crippen LogP contribution in [0.2, 0.25) is 0 Å². The molecule has 2 nitrogen and oxygen atoms in total. The first-order chi connectivity index (χ1) is 12.8. The predicted octanol–water partition coefficient (Wildman–Crippen LogP) is 6.19. The van der Waals surface area contributed by atoms with Crippen LogP contribution >= 0.6 is 23.3 Å². The van der Waals surface area contributed by atoms with E-state index in [9.17, 15) is 0 Å². The molecule has 0 saturated carbocycles. The van der Waals surface area contributed by atoms with Gasteiger partial charge in [-0.15, -0.1) is 11.3 Å².